The molecule has 0 bridgehead atoms. The molecule has 1 unspecified atom stereocenters. The molecule has 0 aromatic heterocycles. The second kappa shape index (κ2) is 8.34. The number of nitrogens with zero attached hydrogens (tertiary/aromatic N) is 1. The van der Waals surface area contributed by atoms with Crippen molar-refractivity contribution in [1.82, 2.24) is 10.2 Å². The van der Waals surface area contributed by atoms with E-state index in [4.69, 9.17) is 4.74 Å². The van der Waals surface area contributed by atoms with Crippen molar-refractivity contribution in [3.63, 3.8) is 0 Å². The van der Waals surface area contributed by atoms with Crippen LogP contribution in [0.15, 0.2) is 0 Å². The third-order valence-corrected chi connectivity index (χ3v) is 4.20. The predicted molar refractivity (Wildman–Crippen MR) is 77.8 cm³/mol. The summed E-state index contributed by atoms with van der Waals surface area (Å²) in [5.41, 5.74) is 0. The van der Waals surface area contributed by atoms with Crippen molar-refractivity contribution in [3.8, 4) is 0 Å². The highest BCUT2D eigenvalue weighted by atomic mass is 16.6. The normalized spacial score (nSPS) is 25.1. The van der Waals surface area contributed by atoms with Gasteiger partial charge >= 0.3 is 5.97 Å². The fourth-order valence-electron chi connectivity index (χ4n) is 3.02. The number of hydrogen-bond acceptors (Lipinski definition) is 5. The summed E-state index contributed by atoms with van der Waals surface area (Å²) >= 11 is 0. The Labute approximate surface area is 126 Å². The van der Waals surface area contributed by atoms with Crippen LogP contribution in [0.2, 0.25) is 0 Å². The molecule has 1 aliphatic heterocycles. The molecule has 0 aromatic rings. The number of ether oxygens (including phenoxy) is 2. The topological polar surface area (TPSA) is 67.9 Å². The number of nitrogens with one attached hydrogen (secondary N) is 1. The van der Waals surface area contributed by atoms with Crippen molar-refractivity contribution in [2.24, 2.45) is 0 Å². The van der Waals surface area contributed by atoms with Crippen molar-refractivity contribution < 1.29 is 19.1 Å². The summed E-state index contributed by atoms with van der Waals surface area (Å²) in [7, 11) is 1.35. The fraction of sp³-hybridized carbons (Fsp3) is 0.867. The summed E-state index contributed by atoms with van der Waals surface area (Å²) in [6.45, 7) is 1.88. The third-order valence-electron chi connectivity index (χ3n) is 4.20. The summed E-state index contributed by atoms with van der Waals surface area (Å²) in [5, 5.41) is 3.13. The lowest BCUT2D eigenvalue weighted by Crippen LogP contribution is -2.50. The number of morpholine rings is 1. The molecule has 0 spiro atoms. The lowest BCUT2D eigenvalue weighted by Gasteiger charge is -2.31. The Bertz CT molecular complexity index is 354. The van der Waals surface area contributed by atoms with Crippen LogP contribution in [0.3, 0.4) is 0 Å². The van der Waals surface area contributed by atoms with Crippen molar-refractivity contribution in [2.45, 2.75) is 50.7 Å². The number of methoxy groups -OCH3 is 1. The number of carbonyl (C=O) groups is 2. The van der Waals surface area contributed by atoms with E-state index in [-0.39, 0.29) is 11.9 Å². The molecule has 1 atom stereocenters. The minimum Gasteiger partial charge on any atom is -0.467 e. The van der Waals surface area contributed by atoms with E-state index in [0.717, 1.165) is 12.8 Å². The van der Waals surface area contributed by atoms with Crippen molar-refractivity contribution in [1.29, 1.82) is 0 Å². The SMILES string of the molecule is COC(=O)C1CN(CC(=O)NC2CCCCCC2)CCO1. The standard InChI is InChI=1S/C15H26N2O4/c1-20-15(19)13-10-17(8-9-21-13)11-14(18)16-12-6-4-2-3-5-7-12/h12-13H,2-11H2,1H3,(H,16,18). The first-order valence-electron chi connectivity index (χ1n) is 7.90. The van der Waals surface area contributed by atoms with Gasteiger partial charge in [-0.15, -0.1) is 0 Å². The van der Waals surface area contributed by atoms with E-state index in [1.54, 1.807) is 0 Å². The molecule has 120 valence electrons. The second-order valence-corrected chi connectivity index (χ2v) is 5.87. The fourth-order valence-corrected chi connectivity index (χ4v) is 3.02. The van der Waals surface area contributed by atoms with E-state index < -0.39 is 6.10 Å². The summed E-state index contributed by atoms with van der Waals surface area (Å²) in [4.78, 5) is 25.6. The van der Waals surface area contributed by atoms with Gasteiger partial charge in [-0.3, -0.25) is 9.69 Å². The van der Waals surface area contributed by atoms with Gasteiger partial charge in [0.1, 0.15) is 0 Å². The average molecular weight is 298 g/mol. The molecule has 1 N–H and O–H groups in total. The van der Waals surface area contributed by atoms with E-state index in [0.29, 0.717) is 32.3 Å². The van der Waals surface area contributed by atoms with Crippen LogP contribution in [-0.4, -0.2) is 62.3 Å². The molecular formula is C15H26N2O4. The van der Waals surface area contributed by atoms with Gasteiger partial charge in [0.15, 0.2) is 6.10 Å². The van der Waals surface area contributed by atoms with E-state index >= 15 is 0 Å². The Balaban J connectivity index is 1.75. The molecule has 0 aromatic carbocycles. The zero-order valence-electron chi connectivity index (χ0n) is 12.8. The number of esters is 1. The minimum absolute atomic E-state index is 0.0485. The van der Waals surface area contributed by atoms with E-state index in [1.165, 1.54) is 32.8 Å². The maximum Gasteiger partial charge on any atom is 0.336 e. The van der Waals surface area contributed by atoms with Gasteiger partial charge in [0.2, 0.25) is 5.91 Å². The molecule has 1 saturated heterocycles. The molecule has 1 saturated carbocycles. The quantitative estimate of drug-likeness (QED) is 0.611. The average Bonchev–Trinajstić information content (AvgIpc) is 2.75. The van der Waals surface area contributed by atoms with Gasteiger partial charge in [-0.1, -0.05) is 25.7 Å². The van der Waals surface area contributed by atoms with Gasteiger partial charge in [-0.05, 0) is 12.8 Å². The Kier molecular flexibility index (Phi) is 6.45. The molecule has 2 rings (SSSR count). The Morgan fingerprint density at radius 3 is 2.62 bits per heavy atom. The summed E-state index contributed by atoms with van der Waals surface area (Å²) in [6, 6.07) is 0.317. The zero-order chi connectivity index (χ0) is 15.1. The number of amides is 1. The molecule has 21 heavy (non-hydrogen) atoms. The van der Waals surface area contributed by atoms with Gasteiger partial charge < -0.3 is 14.8 Å². The molecule has 1 heterocycles. The first-order chi connectivity index (χ1) is 10.2. The van der Waals surface area contributed by atoms with Gasteiger partial charge in [-0.2, -0.15) is 0 Å². The first-order valence-corrected chi connectivity index (χ1v) is 7.90. The molecule has 6 nitrogen and oxygen atoms in total. The highest BCUT2D eigenvalue weighted by Gasteiger charge is 2.28. The van der Waals surface area contributed by atoms with Crippen molar-refractivity contribution in [3.05, 3.63) is 0 Å². The Morgan fingerprint density at radius 2 is 1.95 bits per heavy atom. The van der Waals surface area contributed by atoms with E-state index in [9.17, 15) is 9.59 Å². The van der Waals surface area contributed by atoms with Crippen LogP contribution in [0, 0.1) is 0 Å². The summed E-state index contributed by atoms with van der Waals surface area (Å²) in [6.07, 6.45) is 6.54. The molecule has 2 fully saturated rings. The van der Waals surface area contributed by atoms with Gasteiger partial charge in [0.25, 0.3) is 0 Å². The molecule has 6 heteroatoms. The smallest absolute Gasteiger partial charge is 0.336 e. The van der Waals surface area contributed by atoms with Crippen LogP contribution in [0.4, 0.5) is 0 Å². The number of rotatable bonds is 4. The van der Waals surface area contributed by atoms with Crippen LogP contribution in [0.25, 0.3) is 0 Å². The van der Waals surface area contributed by atoms with E-state index in [1.807, 2.05) is 4.90 Å². The second-order valence-electron chi connectivity index (χ2n) is 5.87. The monoisotopic (exact) mass is 298 g/mol. The molecular weight excluding hydrogens is 272 g/mol. The largest absolute Gasteiger partial charge is 0.467 e. The van der Waals surface area contributed by atoms with Crippen LogP contribution >= 0.6 is 0 Å². The van der Waals surface area contributed by atoms with E-state index in [2.05, 4.69) is 10.1 Å². The number of carbonyl (C=O) groups excluding carboxylic acids is 2. The lowest BCUT2D eigenvalue weighted by atomic mass is 10.1. The Morgan fingerprint density at radius 1 is 1.24 bits per heavy atom. The third kappa shape index (κ3) is 5.28. The zero-order valence-corrected chi connectivity index (χ0v) is 12.8. The van der Waals surface area contributed by atoms with Crippen molar-refractivity contribution in [2.75, 3.05) is 33.4 Å². The highest BCUT2D eigenvalue weighted by Crippen LogP contribution is 2.17. The molecule has 1 aliphatic carbocycles. The minimum atomic E-state index is -0.575. The predicted octanol–water partition coefficient (Wildman–Crippen LogP) is 0.699. The van der Waals surface area contributed by atoms with Crippen LogP contribution in [0.5, 0.6) is 0 Å². The van der Waals surface area contributed by atoms with Crippen LogP contribution in [-0.2, 0) is 19.1 Å². The lowest BCUT2D eigenvalue weighted by molar-refractivity contribution is -0.160. The van der Waals surface area contributed by atoms with Gasteiger partial charge in [0, 0.05) is 19.1 Å². The van der Waals surface area contributed by atoms with Gasteiger partial charge in [0.05, 0.1) is 20.3 Å². The van der Waals surface area contributed by atoms with Crippen molar-refractivity contribution >= 4 is 11.9 Å². The summed E-state index contributed by atoms with van der Waals surface area (Å²) < 4.78 is 10.0. The van der Waals surface area contributed by atoms with Crippen LogP contribution in [0.1, 0.15) is 38.5 Å². The maximum absolute atomic E-state index is 12.1. The first kappa shape index (κ1) is 16.2. The Hall–Kier alpha value is -1.14. The molecule has 2 aliphatic rings. The highest BCUT2D eigenvalue weighted by molar-refractivity contribution is 5.79. The summed E-state index contributed by atoms with van der Waals surface area (Å²) in [5.74, 6) is -0.323. The number of hydrogen-bond donors (Lipinski definition) is 1. The molecule has 0 radical (unpaired) electrons. The van der Waals surface area contributed by atoms with Gasteiger partial charge in [-0.25, -0.2) is 4.79 Å². The van der Waals surface area contributed by atoms with Crippen LogP contribution < -0.4 is 5.32 Å². The maximum atomic E-state index is 12.1. The molecule has 1 amide bonds.